The van der Waals surface area contributed by atoms with Crippen molar-refractivity contribution >= 4 is 5.91 Å². The van der Waals surface area contributed by atoms with Gasteiger partial charge in [-0.3, -0.25) is 4.79 Å². The quantitative estimate of drug-likeness (QED) is 0.656. The highest BCUT2D eigenvalue weighted by molar-refractivity contribution is 5.79. The summed E-state index contributed by atoms with van der Waals surface area (Å²) in [7, 11) is 0. The van der Waals surface area contributed by atoms with Gasteiger partial charge in [0.15, 0.2) is 0 Å². The zero-order valence-electron chi connectivity index (χ0n) is 8.53. The molecular formula is C10H18N2O2. The first-order valence-corrected chi connectivity index (χ1v) is 5.29. The molecule has 2 aliphatic rings. The summed E-state index contributed by atoms with van der Waals surface area (Å²) in [5.41, 5.74) is 5.74. The minimum absolute atomic E-state index is 0.0640. The molecule has 0 aromatic carbocycles. The van der Waals surface area contributed by atoms with E-state index in [0.717, 1.165) is 12.5 Å². The van der Waals surface area contributed by atoms with E-state index in [1.807, 2.05) is 0 Å². The van der Waals surface area contributed by atoms with Crippen molar-refractivity contribution in [2.24, 2.45) is 23.5 Å². The smallest absolute Gasteiger partial charge is 0.227 e. The Hall–Kier alpha value is -0.610. The predicted octanol–water partition coefficient (Wildman–Crippen LogP) is -0.268. The highest BCUT2D eigenvalue weighted by atomic mass is 16.5. The first-order valence-electron chi connectivity index (χ1n) is 5.29. The van der Waals surface area contributed by atoms with E-state index in [0.29, 0.717) is 19.1 Å². The van der Waals surface area contributed by atoms with Gasteiger partial charge in [0.05, 0.1) is 19.1 Å². The van der Waals surface area contributed by atoms with Crippen molar-refractivity contribution in [1.29, 1.82) is 0 Å². The summed E-state index contributed by atoms with van der Waals surface area (Å²) >= 11 is 0. The Kier molecular flexibility index (Phi) is 2.74. The van der Waals surface area contributed by atoms with Gasteiger partial charge in [0.1, 0.15) is 0 Å². The average Bonchev–Trinajstić information content (AvgIpc) is 2.67. The summed E-state index contributed by atoms with van der Waals surface area (Å²) in [5.74, 6) is 1.40. The number of rotatable bonds is 3. The molecule has 1 saturated heterocycles. The van der Waals surface area contributed by atoms with Gasteiger partial charge in [-0.15, -0.1) is 0 Å². The van der Waals surface area contributed by atoms with Crippen LogP contribution in [0.5, 0.6) is 0 Å². The minimum atomic E-state index is -0.135. The van der Waals surface area contributed by atoms with Crippen molar-refractivity contribution in [3.05, 3.63) is 0 Å². The van der Waals surface area contributed by atoms with Crippen LogP contribution in [0.2, 0.25) is 0 Å². The zero-order valence-corrected chi connectivity index (χ0v) is 8.53. The van der Waals surface area contributed by atoms with Gasteiger partial charge in [0, 0.05) is 12.6 Å². The summed E-state index contributed by atoms with van der Waals surface area (Å²) in [4.78, 5) is 11.6. The molecule has 1 aliphatic carbocycles. The molecule has 2 rings (SSSR count). The third kappa shape index (κ3) is 2.07. The molecule has 3 N–H and O–H groups in total. The Bertz CT molecular complexity index is 232. The van der Waals surface area contributed by atoms with Crippen LogP contribution < -0.4 is 11.1 Å². The van der Waals surface area contributed by atoms with Crippen LogP contribution in [-0.4, -0.2) is 31.7 Å². The average molecular weight is 198 g/mol. The van der Waals surface area contributed by atoms with E-state index in [1.54, 1.807) is 0 Å². The van der Waals surface area contributed by atoms with Gasteiger partial charge in [-0.25, -0.2) is 0 Å². The van der Waals surface area contributed by atoms with E-state index in [4.69, 9.17) is 10.5 Å². The lowest BCUT2D eigenvalue weighted by molar-refractivity contribution is -0.125. The Morgan fingerprint density at radius 1 is 1.57 bits per heavy atom. The van der Waals surface area contributed by atoms with Crippen LogP contribution in [0.4, 0.5) is 0 Å². The fourth-order valence-electron chi connectivity index (χ4n) is 1.89. The Morgan fingerprint density at radius 3 is 2.79 bits per heavy atom. The van der Waals surface area contributed by atoms with Crippen LogP contribution in [0.1, 0.15) is 13.3 Å². The van der Waals surface area contributed by atoms with Crippen molar-refractivity contribution in [2.45, 2.75) is 19.4 Å². The molecule has 0 aromatic rings. The van der Waals surface area contributed by atoms with Crippen LogP contribution in [0, 0.1) is 17.8 Å². The summed E-state index contributed by atoms with van der Waals surface area (Å²) < 4.78 is 5.15. The standard InChI is InChI=1S/C10H18N2O2/c1-6-2-7(6)3-12-10(13)8-4-14-5-9(8)11/h6-9H,2-5,11H2,1H3,(H,12,13). The fraction of sp³-hybridized carbons (Fsp3) is 0.900. The van der Waals surface area contributed by atoms with Gasteiger partial charge >= 0.3 is 0 Å². The van der Waals surface area contributed by atoms with E-state index in [9.17, 15) is 4.79 Å². The lowest BCUT2D eigenvalue weighted by Crippen LogP contribution is -2.41. The van der Waals surface area contributed by atoms with Crippen molar-refractivity contribution in [2.75, 3.05) is 19.8 Å². The molecule has 0 spiro atoms. The predicted molar refractivity (Wildman–Crippen MR) is 52.6 cm³/mol. The molecule has 14 heavy (non-hydrogen) atoms. The van der Waals surface area contributed by atoms with Crippen LogP contribution in [0.3, 0.4) is 0 Å². The van der Waals surface area contributed by atoms with Crippen LogP contribution >= 0.6 is 0 Å². The molecule has 80 valence electrons. The molecule has 4 atom stereocenters. The second kappa shape index (κ2) is 3.87. The van der Waals surface area contributed by atoms with E-state index in [-0.39, 0.29) is 17.9 Å². The zero-order chi connectivity index (χ0) is 10.1. The summed E-state index contributed by atoms with van der Waals surface area (Å²) in [6.45, 7) is 4.01. The van der Waals surface area contributed by atoms with E-state index < -0.39 is 0 Å². The third-order valence-electron chi connectivity index (χ3n) is 3.28. The molecule has 0 aromatic heterocycles. The number of nitrogens with two attached hydrogens (primary N) is 1. The minimum Gasteiger partial charge on any atom is -0.379 e. The number of amides is 1. The maximum atomic E-state index is 11.6. The second-order valence-electron chi connectivity index (χ2n) is 4.53. The van der Waals surface area contributed by atoms with Crippen molar-refractivity contribution < 1.29 is 9.53 Å². The van der Waals surface area contributed by atoms with Gasteiger partial charge in [0.2, 0.25) is 5.91 Å². The molecule has 1 heterocycles. The lowest BCUT2D eigenvalue weighted by atomic mass is 10.0. The Morgan fingerprint density at radius 2 is 2.29 bits per heavy atom. The topological polar surface area (TPSA) is 64.3 Å². The van der Waals surface area contributed by atoms with E-state index in [1.165, 1.54) is 6.42 Å². The third-order valence-corrected chi connectivity index (χ3v) is 3.28. The maximum absolute atomic E-state index is 11.6. The van der Waals surface area contributed by atoms with E-state index in [2.05, 4.69) is 12.2 Å². The van der Waals surface area contributed by atoms with Crippen LogP contribution in [-0.2, 0) is 9.53 Å². The van der Waals surface area contributed by atoms with Crippen molar-refractivity contribution in [3.63, 3.8) is 0 Å². The molecule has 1 amide bonds. The molecular weight excluding hydrogens is 180 g/mol. The first kappa shape index (κ1) is 9.93. The normalized spacial score (nSPS) is 41.0. The lowest BCUT2D eigenvalue weighted by Gasteiger charge is -2.12. The molecule has 0 bridgehead atoms. The summed E-state index contributed by atoms with van der Waals surface area (Å²) in [6, 6.07) is -0.119. The number of carbonyl (C=O) groups is 1. The molecule has 2 fully saturated rings. The SMILES string of the molecule is CC1CC1CNC(=O)C1COCC1N. The van der Waals surface area contributed by atoms with Gasteiger partial charge in [-0.05, 0) is 18.3 Å². The van der Waals surface area contributed by atoms with E-state index >= 15 is 0 Å². The second-order valence-corrected chi connectivity index (χ2v) is 4.53. The van der Waals surface area contributed by atoms with Crippen LogP contribution in [0.25, 0.3) is 0 Å². The fourth-order valence-corrected chi connectivity index (χ4v) is 1.89. The summed E-state index contributed by atoms with van der Waals surface area (Å²) in [6.07, 6.45) is 1.24. The molecule has 1 saturated carbocycles. The summed E-state index contributed by atoms with van der Waals surface area (Å²) in [5, 5.41) is 2.95. The number of carbonyl (C=O) groups excluding carboxylic acids is 1. The number of hydrogen-bond donors (Lipinski definition) is 2. The van der Waals surface area contributed by atoms with Gasteiger partial charge in [-0.2, -0.15) is 0 Å². The van der Waals surface area contributed by atoms with Gasteiger partial charge in [-0.1, -0.05) is 6.92 Å². The first-order chi connectivity index (χ1) is 6.68. The highest BCUT2D eigenvalue weighted by Crippen LogP contribution is 2.36. The largest absolute Gasteiger partial charge is 0.379 e. The van der Waals surface area contributed by atoms with Crippen molar-refractivity contribution in [1.82, 2.24) is 5.32 Å². The molecule has 4 unspecified atom stereocenters. The number of hydrogen-bond acceptors (Lipinski definition) is 3. The Labute approximate surface area is 84.2 Å². The van der Waals surface area contributed by atoms with Crippen molar-refractivity contribution in [3.8, 4) is 0 Å². The highest BCUT2D eigenvalue weighted by Gasteiger charge is 2.35. The monoisotopic (exact) mass is 198 g/mol. The number of nitrogens with one attached hydrogen (secondary N) is 1. The van der Waals surface area contributed by atoms with Crippen LogP contribution in [0.15, 0.2) is 0 Å². The molecule has 4 nitrogen and oxygen atoms in total. The maximum Gasteiger partial charge on any atom is 0.227 e. The molecule has 0 radical (unpaired) electrons. The number of ether oxygens (including phenoxy) is 1. The van der Waals surface area contributed by atoms with Gasteiger partial charge < -0.3 is 15.8 Å². The Balaban J connectivity index is 1.72. The molecule has 4 heteroatoms. The molecule has 1 aliphatic heterocycles. The van der Waals surface area contributed by atoms with Gasteiger partial charge in [0.25, 0.3) is 0 Å².